The van der Waals surface area contributed by atoms with Gasteiger partial charge in [-0.25, -0.2) is 12.1 Å². The molecular formula is C20H25Cl2PTi. The fourth-order valence-corrected chi connectivity index (χ4v) is 5.01. The molecule has 0 aliphatic rings. The van der Waals surface area contributed by atoms with E-state index in [4.69, 9.17) is 0 Å². The molecule has 0 saturated carbocycles. The Morgan fingerprint density at radius 1 is 0.875 bits per heavy atom. The third-order valence-corrected chi connectivity index (χ3v) is 6.47. The minimum atomic E-state index is 0. The van der Waals surface area contributed by atoms with Crippen molar-refractivity contribution in [3.05, 3.63) is 66.7 Å². The quantitative estimate of drug-likeness (QED) is 0.310. The van der Waals surface area contributed by atoms with Crippen molar-refractivity contribution in [3.63, 3.8) is 0 Å². The first kappa shape index (κ1) is 26.1. The summed E-state index contributed by atoms with van der Waals surface area (Å²) < 4.78 is 0. The predicted molar refractivity (Wildman–Crippen MR) is 98.4 cm³/mol. The standard InChI is InChI=1S/C15H20P.C5H5.2ClH.Ti/c1-3-9-16(10-4-2)15-11-13-7-5-6-8-14(13)12-15;1-2-4-5-3-1;;;/h5-8,11-12H,3-4,9-10H2,1-2H3;1-5H;2*1H;/q2*-1;;;+4/p-2. The molecule has 3 rings (SSSR count). The maximum atomic E-state index is 2.41. The molecule has 0 unspecified atom stereocenters. The molecule has 0 bridgehead atoms. The second-order valence-electron chi connectivity index (χ2n) is 5.29. The van der Waals surface area contributed by atoms with Crippen LogP contribution in [-0.2, 0) is 21.7 Å². The van der Waals surface area contributed by atoms with Gasteiger partial charge in [-0.3, -0.25) is 0 Å². The predicted octanol–water partition coefficient (Wildman–Crippen LogP) is -0.103. The van der Waals surface area contributed by atoms with E-state index in [1.165, 1.54) is 35.9 Å². The van der Waals surface area contributed by atoms with Gasteiger partial charge in [0, 0.05) is 0 Å². The van der Waals surface area contributed by atoms with Gasteiger partial charge < -0.3 is 24.8 Å². The van der Waals surface area contributed by atoms with E-state index in [0.29, 0.717) is 0 Å². The van der Waals surface area contributed by atoms with E-state index < -0.39 is 0 Å². The van der Waals surface area contributed by atoms with Crippen LogP contribution in [0.2, 0.25) is 0 Å². The van der Waals surface area contributed by atoms with E-state index in [1.807, 2.05) is 30.3 Å². The van der Waals surface area contributed by atoms with E-state index >= 15 is 0 Å². The Balaban J connectivity index is 0. The topological polar surface area (TPSA) is 0 Å². The van der Waals surface area contributed by atoms with Crippen molar-refractivity contribution in [3.8, 4) is 0 Å². The number of benzene rings is 1. The van der Waals surface area contributed by atoms with Crippen LogP contribution in [0, 0.1) is 0 Å². The maximum absolute atomic E-state index is 2.41. The molecule has 0 radical (unpaired) electrons. The van der Waals surface area contributed by atoms with Crippen molar-refractivity contribution in [2.75, 3.05) is 12.3 Å². The molecule has 24 heavy (non-hydrogen) atoms. The Morgan fingerprint density at radius 3 is 1.92 bits per heavy atom. The van der Waals surface area contributed by atoms with Gasteiger partial charge in [0.05, 0.1) is 0 Å². The van der Waals surface area contributed by atoms with Crippen molar-refractivity contribution in [2.24, 2.45) is 0 Å². The van der Waals surface area contributed by atoms with Crippen molar-refractivity contribution in [2.45, 2.75) is 26.7 Å². The van der Waals surface area contributed by atoms with Crippen LogP contribution in [0.25, 0.3) is 10.8 Å². The Hall–Kier alpha value is -0.0957. The van der Waals surface area contributed by atoms with Gasteiger partial charge in [-0.05, 0) is 12.3 Å². The van der Waals surface area contributed by atoms with E-state index in [-0.39, 0.29) is 54.5 Å². The van der Waals surface area contributed by atoms with Crippen molar-refractivity contribution < 1.29 is 46.5 Å². The molecule has 0 atom stereocenters. The van der Waals surface area contributed by atoms with Gasteiger partial charge in [0.15, 0.2) is 0 Å². The van der Waals surface area contributed by atoms with Crippen LogP contribution >= 0.6 is 7.92 Å². The maximum Gasteiger partial charge on any atom is 4.00 e. The van der Waals surface area contributed by atoms with Crippen LogP contribution in [0.1, 0.15) is 26.7 Å². The zero-order valence-corrected chi connectivity index (χ0v) is 18.4. The van der Waals surface area contributed by atoms with Crippen molar-refractivity contribution in [1.82, 2.24) is 0 Å². The normalized spacial score (nSPS) is 9.29. The van der Waals surface area contributed by atoms with Gasteiger partial charge in [0.1, 0.15) is 0 Å². The van der Waals surface area contributed by atoms with E-state index in [1.54, 1.807) is 5.30 Å². The average Bonchev–Trinajstić information content (AvgIpc) is 3.19. The molecule has 128 valence electrons. The van der Waals surface area contributed by atoms with Crippen molar-refractivity contribution in [1.29, 1.82) is 0 Å². The van der Waals surface area contributed by atoms with Crippen LogP contribution in [0.15, 0.2) is 66.7 Å². The zero-order chi connectivity index (χ0) is 14.9. The second-order valence-corrected chi connectivity index (χ2v) is 7.78. The van der Waals surface area contributed by atoms with Gasteiger partial charge in [-0.15, -0.1) is 40.3 Å². The summed E-state index contributed by atoms with van der Waals surface area (Å²) in [5.74, 6) is 0. The zero-order valence-electron chi connectivity index (χ0n) is 14.4. The first-order valence-electron chi connectivity index (χ1n) is 7.92. The number of fused-ring (bicyclic) bond motifs is 1. The molecule has 0 fully saturated rings. The van der Waals surface area contributed by atoms with Crippen LogP contribution < -0.4 is 30.1 Å². The van der Waals surface area contributed by atoms with Crippen LogP contribution in [0.4, 0.5) is 0 Å². The van der Waals surface area contributed by atoms with Gasteiger partial charge in [-0.1, -0.05) is 40.7 Å². The largest absolute Gasteiger partial charge is 4.00 e. The van der Waals surface area contributed by atoms with Gasteiger partial charge in [-0.2, -0.15) is 24.3 Å². The average molecular weight is 415 g/mol. The Labute approximate surface area is 175 Å². The molecule has 0 amide bonds. The van der Waals surface area contributed by atoms with Crippen LogP contribution in [0.5, 0.6) is 0 Å². The fourth-order valence-electron chi connectivity index (χ4n) is 2.55. The summed E-state index contributed by atoms with van der Waals surface area (Å²) in [4.78, 5) is 0. The molecule has 0 aliphatic carbocycles. The summed E-state index contributed by atoms with van der Waals surface area (Å²) in [6, 6.07) is 23.5. The van der Waals surface area contributed by atoms with Crippen LogP contribution in [-0.4, -0.2) is 12.3 Å². The Bertz CT molecular complexity index is 563. The minimum Gasteiger partial charge on any atom is -1.00 e. The summed E-state index contributed by atoms with van der Waals surface area (Å²) in [5, 5.41) is 4.44. The molecule has 0 nitrogen and oxygen atoms in total. The fraction of sp³-hybridized carbons (Fsp3) is 0.300. The second kappa shape index (κ2) is 15.2. The first-order valence-corrected chi connectivity index (χ1v) is 9.63. The number of hydrogen-bond acceptors (Lipinski definition) is 0. The Kier molecular flexibility index (Phi) is 16.5. The molecule has 3 aromatic carbocycles. The van der Waals surface area contributed by atoms with Gasteiger partial charge >= 0.3 is 21.7 Å². The summed E-state index contributed by atoms with van der Waals surface area (Å²) in [7, 11) is 0.0972. The molecule has 0 heterocycles. The monoisotopic (exact) mass is 414 g/mol. The SMILES string of the molecule is CCCP(CCC)c1cc2ccccc2[cH-]1.[Cl-].[Cl-].[Ti+4].c1cc[cH-]c1. The van der Waals surface area contributed by atoms with Crippen molar-refractivity contribution >= 4 is 24.0 Å². The van der Waals surface area contributed by atoms with E-state index in [0.717, 1.165) is 0 Å². The molecule has 0 saturated heterocycles. The molecule has 3 aromatic rings. The summed E-state index contributed by atoms with van der Waals surface area (Å²) in [5.41, 5.74) is 0. The number of hydrogen-bond donors (Lipinski definition) is 0. The van der Waals surface area contributed by atoms with Crippen LogP contribution in [0.3, 0.4) is 0 Å². The summed E-state index contributed by atoms with van der Waals surface area (Å²) in [6.45, 7) is 4.60. The molecule has 0 aromatic heterocycles. The van der Waals surface area contributed by atoms with Gasteiger partial charge in [0.2, 0.25) is 0 Å². The smallest absolute Gasteiger partial charge is 1.00 e. The molecule has 0 aliphatic heterocycles. The summed E-state index contributed by atoms with van der Waals surface area (Å²) >= 11 is 0. The summed E-state index contributed by atoms with van der Waals surface area (Å²) in [6.07, 6.45) is 5.40. The number of rotatable bonds is 5. The third-order valence-electron chi connectivity index (χ3n) is 3.51. The molecule has 0 spiro atoms. The third kappa shape index (κ3) is 8.33. The number of halogens is 2. The van der Waals surface area contributed by atoms with E-state index in [2.05, 4.69) is 50.2 Å². The minimum absolute atomic E-state index is 0. The molecule has 0 N–H and O–H groups in total. The Morgan fingerprint density at radius 2 is 1.46 bits per heavy atom. The first-order chi connectivity index (χ1) is 10.3. The van der Waals surface area contributed by atoms with E-state index in [9.17, 15) is 0 Å². The van der Waals surface area contributed by atoms with Gasteiger partial charge in [0.25, 0.3) is 0 Å². The molecule has 4 heteroatoms. The molecular weight excluding hydrogens is 390 g/mol.